The highest BCUT2D eigenvalue weighted by molar-refractivity contribution is 5.90. The molecule has 5 heteroatoms. The third-order valence-corrected chi connectivity index (χ3v) is 3.97. The van der Waals surface area contributed by atoms with Gasteiger partial charge >= 0.3 is 6.03 Å². The molecule has 2 N–H and O–H groups in total. The minimum absolute atomic E-state index is 0.0458. The molecule has 1 aliphatic carbocycles. The molecule has 1 aromatic rings. The van der Waals surface area contributed by atoms with Crippen molar-refractivity contribution in [1.82, 2.24) is 4.90 Å². The number of amides is 2. The average Bonchev–Trinajstić information content (AvgIpc) is 2.85. The van der Waals surface area contributed by atoms with Gasteiger partial charge < -0.3 is 20.1 Å². The lowest BCUT2D eigenvalue weighted by Crippen LogP contribution is -2.37. The molecule has 0 saturated heterocycles. The maximum absolute atomic E-state index is 12.3. The molecule has 122 valence electrons. The molecule has 22 heavy (non-hydrogen) atoms. The number of nitrogens with zero attached hydrogens (tertiary/aromatic N) is 1. The summed E-state index contributed by atoms with van der Waals surface area (Å²) in [6.45, 7) is 4.47. The van der Waals surface area contributed by atoms with Gasteiger partial charge in [-0.25, -0.2) is 4.79 Å². The molecule has 2 atom stereocenters. The van der Waals surface area contributed by atoms with Crippen molar-refractivity contribution in [2.24, 2.45) is 5.92 Å². The van der Waals surface area contributed by atoms with Gasteiger partial charge in [-0.15, -0.1) is 0 Å². The molecule has 5 nitrogen and oxygen atoms in total. The molecule has 0 radical (unpaired) electrons. The van der Waals surface area contributed by atoms with Gasteiger partial charge in [0.15, 0.2) is 0 Å². The van der Waals surface area contributed by atoms with Gasteiger partial charge in [-0.2, -0.15) is 0 Å². The SMILES string of the molecule is CC(C)Oc1ccccc1NC(=O)N(C)CC1CCCC1O. The first-order valence-electron chi connectivity index (χ1n) is 7.93. The number of benzene rings is 1. The minimum Gasteiger partial charge on any atom is -0.489 e. The maximum Gasteiger partial charge on any atom is 0.321 e. The van der Waals surface area contributed by atoms with E-state index in [-0.39, 0.29) is 24.2 Å². The Morgan fingerprint density at radius 2 is 2.14 bits per heavy atom. The monoisotopic (exact) mass is 306 g/mol. The number of rotatable bonds is 5. The zero-order chi connectivity index (χ0) is 16.1. The van der Waals surface area contributed by atoms with E-state index >= 15 is 0 Å². The summed E-state index contributed by atoms with van der Waals surface area (Å²) in [4.78, 5) is 14.0. The lowest BCUT2D eigenvalue weighted by atomic mass is 10.1. The Morgan fingerprint density at radius 1 is 1.41 bits per heavy atom. The topological polar surface area (TPSA) is 61.8 Å². The molecule has 2 amide bonds. The number of carbonyl (C=O) groups is 1. The number of hydrogen-bond donors (Lipinski definition) is 2. The van der Waals surface area contributed by atoms with Crippen LogP contribution in [0.4, 0.5) is 10.5 Å². The number of ether oxygens (including phenoxy) is 1. The highest BCUT2D eigenvalue weighted by atomic mass is 16.5. The smallest absolute Gasteiger partial charge is 0.321 e. The van der Waals surface area contributed by atoms with Crippen LogP contribution in [0.2, 0.25) is 0 Å². The summed E-state index contributed by atoms with van der Waals surface area (Å²) in [5.41, 5.74) is 0.667. The fourth-order valence-corrected chi connectivity index (χ4v) is 2.80. The molecule has 1 aromatic carbocycles. The van der Waals surface area contributed by atoms with E-state index in [1.54, 1.807) is 11.9 Å². The predicted octanol–water partition coefficient (Wildman–Crippen LogP) is 3.10. The standard InChI is InChI=1S/C17H26N2O3/c1-12(2)22-16-10-5-4-8-14(16)18-17(21)19(3)11-13-7-6-9-15(13)20/h4-5,8,10,12-13,15,20H,6-7,9,11H2,1-3H3,(H,18,21). The molecule has 0 aliphatic heterocycles. The minimum atomic E-state index is -0.285. The van der Waals surface area contributed by atoms with Gasteiger partial charge in [0.25, 0.3) is 0 Å². The molecule has 2 unspecified atom stereocenters. The van der Waals surface area contributed by atoms with Crippen molar-refractivity contribution >= 4 is 11.7 Å². The van der Waals surface area contributed by atoms with Gasteiger partial charge in [-0.1, -0.05) is 18.6 Å². The number of carbonyl (C=O) groups excluding carboxylic acids is 1. The number of aliphatic hydroxyl groups is 1. The van der Waals surface area contributed by atoms with Crippen molar-refractivity contribution in [2.75, 3.05) is 18.9 Å². The summed E-state index contributed by atoms with van der Waals surface area (Å²) in [7, 11) is 1.76. The number of nitrogens with one attached hydrogen (secondary N) is 1. The number of urea groups is 1. The Balaban J connectivity index is 1.96. The first-order valence-corrected chi connectivity index (χ1v) is 7.93. The second-order valence-corrected chi connectivity index (χ2v) is 6.23. The third-order valence-electron chi connectivity index (χ3n) is 3.97. The fourth-order valence-electron chi connectivity index (χ4n) is 2.80. The fraction of sp³-hybridized carbons (Fsp3) is 0.588. The molecule has 0 aromatic heterocycles. The first-order chi connectivity index (χ1) is 10.5. The van der Waals surface area contributed by atoms with E-state index < -0.39 is 0 Å². The van der Waals surface area contributed by atoms with Crippen LogP contribution >= 0.6 is 0 Å². The van der Waals surface area contributed by atoms with Crippen LogP contribution in [0.3, 0.4) is 0 Å². The Labute approximate surface area is 132 Å². The molecule has 2 rings (SSSR count). The number of hydrogen-bond acceptors (Lipinski definition) is 3. The lowest BCUT2D eigenvalue weighted by molar-refractivity contribution is 0.116. The molecular weight excluding hydrogens is 280 g/mol. The molecule has 0 spiro atoms. The molecule has 1 aliphatic rings. The van der Waals surface area contributed by atoms with E-state index in [0.29, 0.717) is 18.0 Å². The van der Waals surface area contributed by atoms with Crippen molar-refractivity contribution in [1.29, 1.82) is 0 Å². The summed E-state index contributed by atoms with van der Waals surface area (Å²) in [6.07, 6.45) is 2.61. The summed E-state index contributed by atoms with van der Waals surface area (Å²) >= 11 is 0. The van der Waals surface area contributed by atoms with Crippen LogP contribution in [0.5, 0.6) is 5.75 Å². The van der Waals surface area contributed by atoms with Crippen LogP contribution in [-0.2, 0) is 0 Å². The summed E-state index contributed by atoms with van der Waals surface area (Å²) in [6, 6.07) is 7.23. The van der Waals surface area contributed by atoms with Crippen LogP contribution in [0, 0.1) is 5.92 Å². The highest BCUT2D eigenvalue weighted by Gasteiger charge is 2.27. The van der Waals surface area contributed by atoms with Crippen molar-refractivity contribution in [3.8, 4) is 5.75 Å². The van der Waals surface area contributed by atoms with E-state index in [9.17, 15) is 9.90 Å². The first kappa shape index (κ1) is 16.6. The van der Waals surface area contributed by atoms with Crippen LogP contribution in [-0.4, -0.2) is 41.8 Å². The normalized spacial score (nSPS) is 21.0. The second kappa shape index (κ2) is 7.49. The predicted molar refractivity (Wildman–Crippen MR) is 87.2 cm³/mol. The largest absolute Gasteiger partial charge is 0.489 e. The number of para-hydroxylation sites is 2. The van der Waals surface area contributed by atoms with Crippen molar-refractivity contribution in [3.05, 3.63) is 24.3 Å². The van der Waals surface area contributed by atoms with E-state index in [2.05, 4.69) is 5.32 Å². The Morgan fingerprint density at radius 3 is 2.77 bits per heavy atom. The Bertz CT molecular complexity index is 504. The molecular formula is C17H26N2O3. The van der Waals surface area contributed by atoms with Crippen LogP contribution in [0.25, 0.3) is 0 Å². The Kier molecular flexibility index (Phi) is 5.66. The van der Waals surface area contributed by atoms with E-state index in [1.165, 1.54) is 0 Å². The number of anilines is 1. The van der Waals surface area contributed by atoms with Gasteiger partial charge in [0, 0.05) is 19.5 Å². The van der Waals surface area contributed by atoms with Crippen LogP contribution in [0.1, 0.15) is 33.1 Å². The molecule has 0 bridgehead atoms. The zero-order valence-corrected chi connectivity index (χ0v) is 13.6. The van der Waals surface area contributed by atoms with Crippen molar-refractivity contribution in [3.63, 3.8) is 0 Å². The van der Waals surface area contributed by atoms with E-state index in [0.717, 1.165) is 19.3 Å². The molecule has 1 saturated carbocycles. The van der Waals surface area contributed by atoms with Crippen LogP contribution in [0.15, 0.2) is 24.3 Å². The van der Waals surface area contributed by atoms with Gasteiger partial charge in [0.1, 0.15) is 5.75 Å². The second-order valence-electron chi connectivity index (χ2n) is 6.23. The summed E-state index contributed by atoms with van der Waals surface area (Å²) in [5.74, 6) is 0.845. The molecule has 0 heterocycles. The van der Waals surface area contributed by atoms with Crippen molar-refractivity contribution < 1.29 is 14.6 Å². The van der Waals surface area contributed by atoms with Crippen molar-refractivity contribution in [2.45, 2.75) is 45.3 Å². The highest BCUT2D eigenvalue weighted by Crippen LogP contribution is 2.27. The summed E-state index contributed by atoms with van der Waals surface area (Å²) < 4.78 is 5.70. The maximum atomic E-state index is 12.3. The van der Waals surface area contributed by atoms with Gasteiger partial charge in [-0.05, 0) is 38.8 Å². The summed E-state index contributed by atoms with van der Waals surface area (Å²) in [5, 5.41) is 12.8. The molecule has 1 fully saturated rings. The van der Waals surface area contributed by atoms with E-state index in [1.807, 2.05) is 38.1 Å². The zero-order valence-electron chi connectivity index (χ0n) is 13.6. The van der Waals surface area contributed by atoms with E-state index in [4.69, 9.17) is 4.74 Å². The van der Waals surface area contributed by atoms with Gasteiger partial charge in [-0.3, -0.25) is 0 Å². The third kappa shape index (κ3) is 4.37. The van der Waals surface area contributed by atoms with Gasteiger partial charge in [0.05, 0.1) is 17.9 Å². The Hall–Kier alpha value is -1.75. The number of aliphatic hydroxyl groups excluding tert-OH is 1. The van der Waals surface area contributed by atoms with Gasteiger partial charge in [0.2, 0.25) is 0 Å². The quantitative estimate of drug-likeness (QED) is 0.878. The average molecular weight is 306 g/mol. The van der Waals surface area contributed by atoms with Crippen LogP contribution < -0.4 is 10.1 Å². The lowest BCUT2D eigenvalue weighted by Gasteiger charge is -2.24.